The molecule has 0 fully saturated rings. The van der Waals surface area contributed by atoms with Crippen molar-refractivity contribution in [3.8, 4) is 0 Å². The molecule has 12 heterocycles. The van der Waals surface area contributed by atoms with Crippen LogP contribution in [0.3, 0.4) is 0 Å². The quantitative estimate of drug-likeness (QED) is 0.0806. The number of hydrogen-bond acceptors (Lipinski definition) is 12. The first-order valence-electron chi connectivity index (χ1n) is 28.5. The molecule has 0 saturated carbocycles. The van der Waals surface area contributed by atoms with E-state index in [1.54, 1.807) is 94.1 Å². The van der Waals surface area contributed by atoms with E-state index in [0.717, 1.165) is 68.9 Å². The third-order valence-electron chi connectivity index (χ3n) is 10.4. The van der Waals surface area contributed by atoms with E-state index in [0.29, 0.717) is 32.5 Å². The molecule has 0 aliphatic heterocycles. The van der Waals surface area contributed by atoms with Crippen molar-refractivity contribution in [2.24, 2.45) is 0 Å². The van der Waals surface area contributed by atoms with E-state index in [4.69, 9.17) is 46.4 Å². The van der Waals surface area contributed by atoms with Gasteiger partial charge in [0, 0.05) is 107 Å². The van der Waals surface area contributed by atoms with Crippen LogP contribution < -0.4 is 0 Å². The van der Waals surface area contributed by atoms with Crippen LogP contribution in [-0.4, -0.2) is 59.8 Å². The van der Waals surface area contributed by atoms with Crippen LogP contribution in [0.15, 0.2) is 228 Å². The minimum atomic E-state index is -0.412. The van der Waals surface area contributed by atoms with Crippen molar-refractivity contribution >= 4 is 123 Å². The molecule has 96 heavy (non-hydrogen) atoms. The van der Waals surface area contributed by atoms with Crippen molar-refractivity contribution in [1.29, 1.82) is 0 Å². The molecule has 504 valence electrons. The molecule has 0 N–H and O–H groups in total. The van der Waals surface area contributed by atoms with Crippen LogP contribution >= 0.6 is 123 Å². The number of aromatic nitrogens is 12. The molecule has 0 saturated heterocycles. The van der Waals surface area contributed by atoms with Gasteiger partial charge < -0.3 is 0 Å². The van der Waals surface area contributed by atoms with Crippen molar-refractivity contribution in [3.05, 3.63) is 348 Å². The molecule has 0 aromatic carbocycles. The Labute approximate surface area is 625 Å². The minimum absolute atomic E-state index is 0.225. The van der Waals surface area contributed by atoms with E-state index in [2.05, 4.69) is 137 Å². The lowest BCUT2D eigenvalue weighted by molar-refractivity contribution is 0.580. The zero-order valence-electron chi connectivity index (χ0n) is 54.7. The standard InChI is InChI=1S/2C6H6BrN.C6H5Cl2N.2C6H6ClN.4C6H6FN.2C6H6IN.C6H7N/c1-5-4-6(7)2-3-8-5;1-5-3-2-4-6(7)8-5;1-4-2-5(7)9-6(8)3-4;1-5-4-6(7)2-3-8-5;1-5-3-2-4-6(7)8-5;1-5-4-6(7)2-3-8-5;1-5-2-3-6(7)4-8-5;1-5-6(7)3-2-4-8-5;1-5-3-2-4-6(7)8-5;1-5-4-6(7)2-3-8-5;1-5-3-2-4-6(7)8-5;1-6-4-2-3-5-7-6/h2*2-4H,1H3;2-3H,1H3;8*2-4H,1H3;2-5H,1H3. The summed E-state index contributed by atoms with van der Waals surface area (Å²) in [7, 11) is 0. The molecule has 0 aliphatic rings. The summed E-state index contributed by atoms with van der Waals surface area (Å²) < 4.78 is 52.8. The van der Waals surface area contributed by atoms with Crippen molar-refractivity contribution < 1.29 is 17.6 Å². The molecule has 24 heteroatoms. The lowest BCUT2D eigenvalue weighted by atomic mass is 10.3. The third-order valence-corrected chi connectivity index (χ3v) is 13.4. The van der Waals surface area contributed by atoms with E-state index in [1.165, 1.54) is 46.3 Å². The van der Waals surface area contributed by atoms with Crippen LogP contribution in [0.4, 0.5) is 17.6 Å². The highest BCUT2D eigenvalue weighted by Crippen LogP contribution is 2.14. The summed E-state index contributed by atoms with van der Waals surface area (Å²) >= 11 is 33.3. The van der Waals surface area contributed by atoms with Crippen molar-refractivity contribution in [2.45, 2.75) is 83.1 Å². The van der Waals surface area contributed by atoms with Gasteiger partial charge in [0.1, 0.15) is 41.2 Å². The number of hydrogen-bond donors (Lipinski definition) is 0. The molecule has 0 aliphatic carbocycles. The van der Waals surface area contributed by atoms with Gasteiger partial charge in [0.25, 0.3) is 0 Å². The molecular formula is C72H72Br2Cl4F4I2N12. The summed E-state index contributed by atoms with van der Waals surface area (Å²) in [4.78, 5) is 46.6. The highest BCUT2D eigenvalue weighted by Gasteiger charge is 1.95. The number of pyridine rings is 12. The van der Waals surface area contributed by atoms with Crippen molar-refractivity contribution in [2.75, 3.05) is 0 Å². The summed E-state index contributed by atoms with van der Waals surface area (Å²) in [6, 6.07) is 51.6. The van der Waals surface area contributed by atoms with E-state index >= 15 is 0 Å². The maximum absolute atomic E-state index is 12.3. The summed E-state index contributed by atoms with van der Waals surface area (Å²) in [6.07, 6.45) is 11.3. The molecule has 12 nitrogen and oxygen atoms in total. The summed E-state index contributed by atoms with van der Waals surface area (Å²) in [6.45, 7) is 22.6. The smallest absolute Gasteiger partial charge is 0.213 e. The largest absolute Gasteiger partial charge is 0.262 e. The Kier molecular flexibility index (Phi) is 47.4. The SMILES string of the molecule is Cc1cc(Br)ccn1.Cc1cc(Cl)ccn1.Cc1cc(Cl)nc(Cl)c1.Cc1cc(F)ccn1.Cc1cc(I)ccn1.Cc1ccc(F)cn1.Cc1cccc(Br)n1.Cc1cccc(Cl)n1.Cc1cccc(F)n1.Cc1cccc(I)n1.Cc1ccccn1.Cc1ncccc1F. The summed E-state index contributed by atoms with van der Waals surface area (Å²) in [5.74, 6) is -1.16. The molecule has 12 aromatic rings. The van der Waals surface area contributed by atoms with Crippen LogP contribution in [0.2, 0.25) is 20.5 Å². The van der Waals surface area contributed by atoms with Gasteiger partial charge >= 0.3 is 0 Å². The average molecular weight is 1740 g/mol. The first kappa shape index (κ1) is 87.1. The van der Waals surface area contributed by atoms with Gasteiger partial charge in [-0.2, -0.15) is 4.39 Å². The van der Waals surface area contributed by atoms with Gasteiger partial charge in [0.05, 0.1) is 11.9 Å². The molecule has 0 bridgehead atoms. The molecule has 0 unspecified atom stereocenters. The highest BCUT2D eigenvalue weighted by molar-refractivity contribution is 14.1. The predicted molar refractivity (Wildman–Crippen MR) is 408 cm³/mol. The Morgan fingerprint density at radius 3 is 1.14 bits per heavy atom. The Balaban J connectivity index is 0.000000524. The number of nitrogens with zero attached hydrogens (tertiary/aromatic N) is 12. The molecule has 12 aromatic heterocycles. The van der Waals surface area contributed by atoms with Crippen LogP contribution in [-0.2, 0) is 0 Å². The minimum Gasteiger partial charge on any atom is -0.262 e. The van der Waals surface area contributed by atoms with E-state index in [-0.39, 0.29) is 17.5 Å². The summed E-state index contributed by atoms with van der Waals surface area (Å²) in [5.41, 5.74) is 11.0. The van der Waals surface area contributed by atoms with Gasteiger partial charge in [-0.3, -0.25) is 34.9 Å². The number of halogens is 12. The molecule has 0 amide bonds. The predicted octanol–water partition coefficient (Wildman–Crippen LogP) is 22.6. The Bertz CT molecular complexity index is 3340. The van der Waals surface area contributed by atoms with Crippen LogP contribution in [0.1, 0.15) is 68.2 Å². The van der Waals surface area contributed by atoms with Gasteiger partial charge in [-0.15, -0.1) is 0 Å². The Morgan fingerprint density at radius 2 is 0.833 bits per heavy atom. The fourth-order valence-corrected chi connectivity index (χ4v) is 9.10. The Hall–Kier alpha value is -6.90. The maximum Gasteiger partial charge on any atom is 0.213 e. The molecule has 0 radical (unpaired) electrons. The first-order valence-corrected chi connectivity index (χ1v) is 33.8. The van der Waals surface area contributed by atoms with Gasteiger partial charge in [0.2, 0.25) is 5.95 Å². The van der Waals surface area contributed by atoms with Gasteiger partial charge in [0.15, 0.2) is 0 Å². The van der Waals surface area contributed by atoms with E-state index in [1.807, 2.05) is 166 Å². The summed E-state index contributed by atoms with van der Waals surface area (Å²) in [5, 5.41) is 2.20. The molecule has 0 atom stereocenters. The highest BCUT2D eigenvalue weighted by atomic mass is 127. The van der Waals surface area contributed by atoms with Crippen LogP contribution in [0.5, 0.6) is 0 Å². The number of aryl methyl sites for hydroxylation is 12. The zero-order valence-corrected chi connectivity index (χ0v) is 65.2. The van der Waals surface area contributed by atoms with Gasteiger partial charge in [-0.05, 0) is 295 Å². The van der Waals surface area contributed by atoms with E-state index < -0.39 is 5.95 Å². The van der Waals surface area contributed by atoms with Gasteiger partial charge in [-0.25, -0.2) is 38.1 Å². The van der Waals surface area contributed by atoms with Crippen LogP contribution in [0.25, 0.3) is 0 Å². The fourth-order valence-electron chi connectivity index (χ4n) is 6.03. The average Bonchev–Trinajstić information content (AvgIpc) is 2.76. The second-order valence-electron chi connectivity index (χ2n) is 19.3. The molecule has 0 spiro atoms. The lowest BCUT2D eigenvalue weighted by Gasteiger charge is -1.92. The normalized spacial score (nSPS) is 9.25. The van der Waals surface area contributed by atoms with Crippen LogP contribution in [0, 0.1) is 114 Å². The van der Waals surface area contributed by atoms with E-state index in [9.17, 15) is 17.6 Å². The lowest BCUT2D eigenvalue weighted by Crippen LogP contribution is -1.82. The zero-order chi connectivity index (χ0) is 71.8. The molecule has 12 rings (SSSR count). The first-order chi connectivity index (χ1) is 45.5. The monoisotopic (exact) mass is 1730 g/mol. The fraction of sp³-hybridized carbons (Fsp3) is 0.167. The maximum atomic E-state index is 12.3. The topological polar surface area (TPSA) is 155 Å². The second-order valence-corrected chi connectivity index (χ2v) is 25.0. The van der Waals surface area contributed by atoms with Gasteiger partial charge in [-0.1, -0.05) is 92.7 Å². The Morgan fingerprint density at radius 1 is 0.333 bits per heavy atom. The molecular weight excluding hydrogens is 1660 g/mol. The van der Waals surface area contributed by atoms with Crippen molar-refractivity contribution in [1.82, 2.24) is 59.8 Å². The second kappa shape index (κ2) is 52.3. The van der Waals surface area contributed by atoms with Crippen molar-refractivity contribution in [3.63, 3.8) is 0 Å². The number of rotatable bonds is 0. The third kappa shape index (κ3) is 49.6.